The number of rotatable bonds is 0. The van der Waals surface area contributed by atoms with Crippen molar-refractivity contribution in [1.82, 2.24) is 0 Å². The number of hydrogen-bond donors (Lipinski definition) is 2. The molecule has 0 unspecified atom stereocenters. The van der Waals surface area contributed by atoms with Gasteiger partial charge in [0.2, 0.25) is 12.1 Å². The van der Waals surface area contributed by atoms with E-state index < -0.39 is 12.1 Å². The summed E-state index contributed by atoms with van der Waals surface area (Å²) in [5.41, 5.74) is 0.0142. The average molecular weight is 254 g/mol. The van der Waals surface area contributed by atoms with Gasteiger partial charge in [0.15, 0.2) is 0 Å². The second-order valence-electron chi connectivity index (χ2n) is 7.77. The van der Waals surface area contributed by atoms with Gasteiger partial charge in [0.05, 0.1) is 11.7 Å². The van der Waals surface area contributed by atoms with Crippen LogP contribution in [0.25, 0.3) is 0 Å². The van der Waals surface area contributed by atoms with Crippen LogP contribution in [0.1, 0.15) is 40.0 Å². The molecule has 4 nitrogen and oxygen atoms in total. The molecule has 4 aliphatic rings. The summed E-state index contributed by atoms with van der Waals surface area (Å²) in [5.74, 6) is -0.675. The summed E-state index contributed by atoms with van der Waals surface area (Å²) >= 11 is 0. The summed E-state index contributed by atoms with van der Waals surface area (Å²) in [6.07, 6.45) is 1.81. The van der Waals surface area contributed by atoms with Gasteiger partial charge in [-0.05, 0) is 43.4 Å². The van der Waals surface area contributed by atoms with Gasteiger partial charge in [0.25, 0.3) is 0 Å². The Morgan fingerprint density at radius 3 is 2.50 bits per heavy atom. The summed E-state index contributed by atoms with van der Waals surface area (Å²) in [6, 6.07) is 0. The standard InChI is InChI=1S/C14H22O4/c1-12(2)4-7-8(5-12)13(3)6-9-10(7)17-11(15)14(9,16)18-13/h7-11,15-16H,4-6H2,1-3H3/t7-,8+,9-,10+,11-,13-,14-/m1/s1. The fourth-order valence-corrected chi connectivity index (χ4v) is 5.25. The van der Waals surface area contributed by atoms with E-state index >= 15 is 0 Å². The van der Waals surface area contributed by atoms with Gasteiger partial charge < -0.3 is 19.7 Å². The smallest absolute Gasteiger partial charge is 0.224 e. The van der Waals surface area contributed by atoms with Crippen LogP contribution in [0, 0.1) is 23.2 Å². The van der Waals surface area contributed by atoms with Gasteiger partial charge >= 0.3 is 0 Å². The second-order valence-corrected chi connectivity index (χ2v) is 7.77. The average Bonchev–Trinajstić information content (AvgIpc) is 2.76. The Morgan fingerprint density at radius 1 is 1.06 bits per heavy atom. The van der Waals surface area contributed by atoms with E-state index in [-0.39, 0.29) is 17.6 Å². The Balaban J connectivity index is 1.79. The summed E-state index contributed by atoms with van der Waals surface area (Å²) < 4.78 is 11.6. The zero-order valence-corrected chi connectivity index (χ0v) is 11.2. The maximum atomic E-state index is 10.5. The highest BCUT2D eigenvalue weighted by atomic mass is 16.7. The summed E-state index contributed by atoms with van der Waals surface area (Å²) in [7, 11) is 0. The molecule has 4 rings (SSSR count). The van der Waals surface area contributed by atoms with Crippen LogP contribution in [0.4, 0.5) is 0 Å². The molecule has 2 saturated carbocycles. The van der Waals surface area contributed by atoms with Crippen LogP contribution in [0.5, 0.6) is 0 Å². The first-order chi connectivity index (χ1) is 8.25. The lowest BCUT2D eigenvalue weighted by atomic mass is 9.67. The lowest BCUT2D eigenvalue weighted by molar-refractivity contribution is -0.319. The molecule has 2 aliphatic carbocycles. The fraction of sp³-hybridized carbons (Fsp3) is 1.00. The number of aliphatic hydroxyl groups is 2. The van der Waals surface area contributed by atoms with E-state index in [2.05, 4.69) is 20.8 Å². The van der Waals surface area contributed by atoms with E-state index in [1.807, 2.05) is 0 Å². The predicted molar refractivity (Wildman–Crippen MR) is 63.4 cm³/mol. The molecular formula is C14H22O4. The van der Waals surface area contributed by atoms with Crippen LogP contribution in [0.3, 0.4) is 0 Å². The third-order valence-corrected chi connectivity index (χ3v) is 5.87. The molecule has 0 amide bonds. The van der Waals surface area contributed by atoms with Crippen LogP contribution in [-0.4, -0.2) is 34.0 Å². The molecule has 4 fully saturated rings. The van der Waals surface area contributed by atoms with Gasteiger partial charge in [-0.1, -0.05) is 13.8 Å². The fourth-order valence-electron chi connectivity index (χ4n) is 5.25. The van der Waals surface area contributed by atoms with Crippen molar-refractivity contribution in [2.24, 2.45) is 23.2 Å². The summed E-state index contributed by atoms with van der Waals surface area (Å²) in [5, 5.41) is 20.5. The van der Waals surface area contributed by atoms with Crippen LogP contribution in [0.15, 0.2) is 0 Å². The zero-order valence-electron chi connectivity index (χ0n) is 11.2. The zero-order chi connectivity index (χ0) is 12.9. The highest BCUT2D eigenvalue weighted by Crippen LogP contribution is 2.66. The van der Waals surface area contributed by atoms with Crippen LogP contribution >= 0.6 is 0 Å². The van der Waals surface area contributed by atoms with Gasteiger partial charge in [-0.2, -0.15) is 0 Å². The molecule has 2 N–H and O–H groups in total. The van der Waals surface area contributed by atoms with Crippen LogP contribution < -0.4 is 0 Å². The Hall–Kier alpha value is -0.160. The molecule has 102 valence electrons. The maximum absolute atomic E-state index is 10.5. The largest absolute Gasteiger partial charge is 0.364 e. The molecule has 18 heavy (non-hydrogen) atoms. The van der Waals surface area contributed by atoms with E-state index in [4.69, 9.17) is 9.47 Å². The Kier molecular flexibility index (Phi) is 1.91. The molecule has 0 aromatic carbocycles. The van der Waals surface area contributed by atoms with Gasteiger partial charge in [0.1, 0.15) is 0 Å². The molecule has 2 saturated heterocycles. The highest BCUT2D eigenvalue weighted by Gasteiger charge is 2.74. The number of aliphatic hydroxyl groups excluding tert-OH is 1. The first-order valence-electron chi connectivity index (χ1n) is 7.01. The van der Waals surface area contributed by atoms with Gasteiger partial charge in [0, 0.05) is 5.92 Å². The SMILES string of the molecule is CC1(C)C[C@H]2[C@@H]3O[C@@H](O)[C@]4(O)O[C@](C)(C[C@H]34)[C@H]2C1. The molecule has 2 bridgehead atoms. The Morgan fingerprint density at radius 2 is 1.78 bits per heavy atom. The molecule has 0 radical (unpaired) electrons. The van der Waals surface area contributed by atoms with Crippen molar-refractivity contribution in [3.63, 3.8) is 0 Å². The van der Waals surface area contributed by atoms with Crippen molar-refractivity contribution in [3.8, 4) is 0 Å². The van der Waals surface area contributed by atoms with E-state index in [0.29, 0.717) is 17.3 Å². The molecule has 0 spiro atoms. The minimum absolute atomic E-state index is 0.0349. The number of fused-ring (bicyclic) bond motifs is 4. The summed E-state index contributed by atoms with van der Waals surface area (Å²) in [6.45, 7) is 6.69. The minimum Gasteiger partial charge on any atom is -0.364 e. The predicted octanol–water partition coefficient (Wildman–Crippen LogP) is 1.25. The molecular weight excluding hydrogens is 232 g/mol. The number of ether oxygens (including phenoxy) is 2. The van der Waals surface area contributed by atoms with Crippen molar-refractivity contribution in [2.45, 2.75) is 63.8 Å². The highest BCUT2D eigenvalue weighted by molar-refractivity contribution is 5.16. The monoisotopic (exact) mass is 254 g/mol. The number of hydrogen-bond acceptors (Lipinski definition) is 4. The maximum Gasteiger partial charge on any atom is 0.224 e. The topological polar surface area (TPSA) is 58.9 Å². The van der Waals surface area contributed by atoms with Crippen molar-refractivity contribution < 1.29 is 19.7 Å². The van der Waals surface area contributed by atoms with E-state index in [1.165, 1.54) is 0 Å². The van der Waals surface area contributed by atoms with Gasteiger partial charge in [-0.3, -0.25) is 0 Å². The summed E-state index contributed by atoms with van der Waals surface area (Å²) in [4.78, 5) is 0. The van der Waals surface area contributed by atoms with Crippen LogP contribution in [0.2, 0.25) is 0 Å². The van der Waals surface area contributed by atoms with E-state index in [9.17, 15) is 10.2 Å². The Bertz CT molecular complexity index is 409. The molecule has 4 heteroatoms. The van der Waals surface area contributed by atoms with Crippen LogP contribution in [-0.2, 0) is 9.47 Å². The molecule has 0 aromatic heterocycles. The second kappa shape index (κ2) is 2.95. The van der Waals surface area contributed by atoms with Crippen molar-refractivity contribution in [2.75, 3.05) is 0 Å². The van der Waals surface area contributed by atoms with Crippen molar-refractivity contribution >= 4 is 0 Å². The first kappa shape index (κ1) is 11.6. The van der Waals surface area contributed by atoms with Crippen molar-refractivity contribution in [1.29, 1.82) is 0 Å². The lowest BCUT2D eigenvalue weighted by Crippen LogP contribution is -2.48. The van der Waals surface area contributed by atoms with E-state index in [0.717, 1.165) is 19.3 Å². The molecule has 7 atom stereocenters. The lowest BCUT2D eigenvalue weighted by Gasteiger charge is -2.42. The Labute approximate surface area is 107 Å². The van der Waals surface area contributed by atoms with Gasteiger partial charge in [-0.15, -0.1) is 0 Å². The molecule has 2 aliphatic heterocycles. The molecule has 2 heterocycles. The minimum atomic E-state index is -1.46. The van der Waals surface area contributed by atoms with Crippen molar-refractivity contribution in [3.05, 3.63) is 0 Å². The van der Waals surface area contributed by atoms with Gasteiger partial charge in [-0.25, -0.2) is 0 Å². The first-order valence-corrected chi connectivity index (χ1v) is 7.01. The van der Waals surface area contributed by atoms with E-state index in [1.54, 1.807) is 0 Å². The third-order valence-electron chi connectivity index (χ3n) is 5.87. The molecule has 0 aromatic rings. The quantitative estimate of drug-likeness (QED) is 0.683. The third kappa shape index (κ3) is 1.16. The normalized spacial score (nSPS) is 64.2.